The van der Waals surface area contributed by atoms with E-state index in [0.717, 1.165) is 4.90 Å². The lowest BCUT2D eigenvalue weighted by atomic mass is 10.3. The molecule has 0 radical (unpaired) electrons. The van der Waals surface area contributed by atoms with E-state index < -0.39 is 0 Å². The van der Waals surface area contributed by atoms with E-state index in [1.165, 1.54) is 6.08 Å². The Morgan fingerprint density at radius 3 is 2.90 bits per heavy atom. The molecule has 0 aliphatic rings. The van der Waals surface area contributed by atoms with Gasteiger partial charge in [-0.2, -0.15) is 4.99 Å². The second-order valence-corrected chi connectivity index (χ2v) is 2.24. The van der Waals surface area contributed by atoms with Gasteiger partial charge in [0.25, 0.3) is 0 Å². The Hall–Kier alpha value is -1.05. The maximum Gasteiger partial charge on any atom is 0.240 e. The summed E-state index contributed by atoms with van der Waals surface area (Å²) in [5.74, 6) is 0. The third-order valence-electron chi connectivity index (χ3n) is 1.00. The van der Waals surface area contributed by atoms with Crippen molar-refractivity contribution in [3.05, 3.63) is 24.3 Å². The standard InChI is InChI=1S/C7H5NOS/c9-5-8-6-2-1-3-7(10)4-6/h1-4,10H. The molecule has 0 spiro atoms. The number of isocyanates is 1. The summed E-state index contributed by atoms with van der Waals surface area (Å²) in [6, 6.07) is 6.99. The van der Waals surface area contributed by atoms with Crippen LogP contribution in [-0.2, 0) is 4.79 Å². The van der Waals surface area contributed by atoms with Gasteiger partial charge in [-0.3, -0.25) is 0 Å². The minimum Gasteiger partial charge on any atom is -0.211 e. The molecule has 0 unspecified atom stereocenters. The Labute approximate surface area is 64.0 Å². The summed E-state index contributed by atoms with van der Waals surface area (Å²) in [7, 11) is 0. The van der Waals surface area contributed by atoms with Gasteiger partial charge in [0.2, 0.25) is 6.08 Å². The van der Waals surface area contributed by atoms with Crippen molar-refractivity contribution < 1.29 is 4.79 Å². The van der Waals surface area contributed by atoms with Crippen molar-refractivity contribution in [1.82, 2.24) is 0 Å². The lowest BCUT2D eigenvalue weighted by Crippen LogP contribution is -1.64. The van der Waals surface area contributed by atoms with Crippen molar-refractivity contribution in [3.63, 3.8) is 0 Å². The van der Waals surface area contributed by atoms with Gasteiger partial charge in [-0.25, -0.2) is 4.79 Å². The van der Waals surface area contributed by atoms with E-state index >= 15 is 0 Å². The van der Waals surface area contributed by atoms with Gasteiger partial charge in [0.05, 0.1) is 5.69 Å². The first-order valence-corrected chi connectivity index (χ1v) is 3.14. The predicted molar refractivity (Wildman–Crippen MR) is 41.5 cm³/mol. The van der Waals surface area contributed by atoms with Gasteiger partial charge in [0, 0.05) is 4.90 Å². The maximum atomic E-state index is 9.77. The average Bonchev–Trinajstić information content (AvgIpc) is 1.88. The van der Waals surface area contributed by atoms with E-state index in [1.54, 1.807) is 18.2 Å². The third kappa shape index (κ3) is 1.72. The minimum atomic E-state index is 0.586. The highest BCUT2D eigenvalue weighted by Crippen LogP contribution is 2.15. The van der Waals surface area contributed by atoms with E-state index in [0.29, 0.717) is 5.69 Å². The van der Waals surface area contributed by atoms with E-state index in [4.69, 9.17) is 0 Å². The van der Waals surface area contributed by atoms with Crippen molar-refractivity contribution >= 4 is 24.4 Å². The second-order valence-electron chi connectivity index (χ2n) is 1.72. The zero-order valence-corrected chi connectivity index (χ0v) is 6.01. The Kier molecular flexibility index (Phi) is 2.26. The molecular formula is C7H5NOS. The van der Waals surface area contributed by atoms with Crippen molar-refractivity contribution in [2.75, 3.05) is 0 Å². The molecule has 0 aliphatic heterocycles. The number of carbonyl (C=O) groups excluding carboxylic acids is 1. The summed E-state index contributed by atoms with van der Waals surface area (Å²) in [5, 5.41) is 0. The molecule has 50 valence electrons. The molecule has 1 rings (SSSR count). The number of rotatable bonds is 1. The van der Waals surface area contributed by atoms with Crippen LogP contribution in [0.2, 0.25) is 0 Å². The molecule has 0 saturated heterocycles. The molecule has 0 amide bonds. The fraction of sp³-hybridized carbons (Fsp3) is 0. The highest BCUT2D eigenvalue weighted by molar-refractivity contribution is 7.80. The summed E-state index contributed by atoms with van der Waals surface area (Å²) in [5.41, 5.74) is 0.586. The molecule has 1 aromatic carbocycles. The molecule has 0 saturated carbocycles. The normalized spacial score (nSPS) is 8.50. The monoisotopic (exact) mass is 151 g/mol. The van der Waals surface area contributed by atoms with E-state index in [-0.39, 0.29) is 0 Å². The minimum absolute atomic E-state index is 0.586. The van der Waals surface area contributed by atoms with Crippen LogP contribution in [0.3, 0.4) is 0 Å². The molecule has 10 heavy (non-hydrogen) atoms. The first-order chi connectivity index (χ1) is 4.83. The highest BCUT2D eigenvalue weighted by Gasteiger charge is 1.87. The smallest absolute Gasteiger partial charge is 0.211 e. The lowest BCUT2D eigenvalue weighted by molar-refractivity contribution is 0.565. The molecule has 2 nitrogen and oxygen atoms in total. The summed E-state index contributed by atoms with van der Waals surface area (Å²) >= 11 is 4.06. The van der Waals surface area contributed by atoms with Crippen LogP contribution in [0, 0.1) is 0 Å². The number of thiol groups is 1. The highest BCUT2D eigenvalue weighted by atomic mass is 32.1. The zero-order valence-electron chi connectivity index (χ0n) is 5.11. The quantitative estimate of drug-likeness (QED) is 0.371. The third-order valence-corrected chi connectivity index (χ3v) is 1.28. The Balaban J connectivity index is 3.06. The van der Waals surface area contributed by atoms with Crippen molar-refractivity contribution in [3.8, 4) is 0 Å². The molecule has 0 heterocycles. The van der Waals surface area contributed by atoms with E-state index in [1.807, 2.05) is 6.07 Å². The van der Waals surface area contributed by atoms with Crippen LogP contribution >= 0.6 is 12.6 Å². The van der Waals surface area contributed by atoms with Gasteiger partial charge >= 0.3 is 0 Å². The molecular weight excluding hydrogens is 146 g/mol. The number of hydrogen-bond acceptors (Lipinski definition) is 3. The molecule has 0 bridgehead atoms. The first kappa shape index (κ1) is 7.06. The van der Waals surface area contributed by atoms with Crippen LogP contribution in [-0.4, -0.2) is 6.08 Å². The van der Waals surface area contributed by atoms with Crippen LogP contribution in [0.15, 0.2) is 34.2 Å². The Morgan fingerprint density at radius 2 is 2.30 bits per heavy atom. The summed E-state index contributed by atoms with van der Waals surface area (Å²) in [6.45, 7) is 0. The second kappa shape index (κ2) is 3.20. The van der Waals surface area contributed by atoms with E-state index in [2.05, 4.69) is 17.6 Å². The van der Waals surface area contributed by atoms with Gasteiger partial charge in [-0.1, -0.05) is 6.07 Å². The van der Waals surface area contributed by atoms with Gasteiger partial charge < -0.3 is 0 Å². The summed E-state index contributed by atoms with van der Waals surface area (Å²) in [4.78, 5) is 14.0. The molecule has 0 atom stereocenters. The predicted octanol–water partition coefficient (Wildman–Crippen LogP) is 1.94. The molecule has 0 aromatic heterocycles. The fourth-order valence-corrected chi connectivity index (χ4v) is 0.834. The Morgan fingerprint density at radius 1 is 1.50 bits per heavy atom. The van der Waals surface area contributed by atoms with Crippen molar-refractivity contribution in [2.24, 2.45) is 4.99 Å². The van der Waals surface area contributed by atoms with Crippen LogP contribution in [0.25, 0.3) is 0 Å². The summed E-state index contributed by atoms with van der Waals surface area (Å²) in [6.07, 6.45) is 1.45. The molecule has 3 heteroatoms. The van der Waals surface area contributed by atoms with Crippen LogP contribution < -0.4 is 0 Å². The number of hydrogen-bond donors (Lipinski definition) is 1. The molecule has 0 fully saturated rings. The largest absolute Gasteiger partial charge is 0.240 e. The lowest BCUT2D eigenvalue weighted by Gasteiger charge is -1.89. The first-order valence-electron chi connectivity index (χ1n) is 2.70. The van der Waals surface area contributed by atoms with Gasteiger partial charge in [-0.05, 0) is 18.2 Å². The topological polar surface area (TPSA) is 29.4 Å². The van der Waals surface area contributed by atoms with Gasteiger partial charge in [0.15, 0.2) is 0 Å². The maximum absolute atomic E-state index is 9.77. The molecule has 0 aliphatic carbocycles. The zero-order chi connectivity index (χ0) is 7.40. The summed E-state index contributed by atoms with van der Waals surface area (Å²) < 4.78 is 0. The fourth-order valence-electron chi connectivity index (χ4n) is 0.615. The SMILES string of the molecule is O=C=Nc1cccc(S)c1. The molecule has 1 aromatic rings. The van der Waals surface area contributed by atoms with Crippen LogP contribution in [0.5, 0.6) is 0 Å². The number of nitrogens with zero attached hydrogens (tertiary/aromatic N) is 1. The van der Waals surface area contributed by atoms with Gasteiger partial charge in [0.1, 0.15) is 0 Å². The average molecular weight is 151 g/mol. The van der Waals surface area contributed by atoms with Crippen molar-refractivity contribution in [2.45, 2.75) is 4.90 Å². The van der Waals surface area contributed by atoms with Crippen molar-refractivity contribution in [1.29, 1.82) is 0 Å². The number of aliphatic imine (C=N–C) groups is 1. The van der Waals surface area contributed by atoms with E-state index in [9.17, 15) is 4.79 Å². The molecule has 0 N–H and O–H groups in total. The Bertz CT molecular complexity index is 279. The van der Waals surface area contributed by atoms with Gasteiger partial charge in [-0.15, -0.1) is 12.6 Å². The van der Waals surface area contributed by atoms with Crippen LogP contribution in [0.4, 0.5) is 5.69 Å². The number of benzene rings is 1. The van der Waals surface area contributed by atoms with Crippen LogP contribution in [0.1, 0.15) is 0 Å².